The quantitative estimate of drug-likeness (QED) is 0.567. The molecule has 0 heterocycles. The molecule has 2 nitrogen and oxygen atoms in total. The highest BCUT2D eigenvalue weighted by Crippen LogP contribution is 2.34. The summed E-state index contributed by atoms with van der Waals surface area (Å²) in [5.41, 5.74) is 9.53. The topological polar surface area (TPSA) is 29.3 Å². The first-order valence-corrected chi connectivity index (χ1v) is 10.4. The van der Waals surface area contributed by atoms with Crippen molar-refractivity contribution in [3.63, 3.8) is 0 Å². The Morgan fingerprint density at radius 1 is 0.833 bits per heavy atom. The maximum atomic E-state index is 6.90. The van der Waals surface area contributed by atoms with Crippen molar-refractivity contribution in [2.75, 3.05) is 0 Å². The van der Waals surface area contributed by atoms with Crippen LogP contribution in [0.1, 0.15) is 94.3 Å². The van der Waals surface area contributed by atoms with Crippen LogP contribution in [0.25, 0.3) is 0 Å². The van der Waals surface area contributed by atoms with Crippen LogP contribution in [0.2, 0.25) is 0 Å². The minimum absolute atomic E-state index is 0.0658. The van der Waals surface area contributed by atoms with Crippen molar-refractivity contribution in [2.24, 2.45) is 5.73 Å². The molecule has 0 radical (unpaired) electrons. The van der Waals surface area contributed by atoms with E-state index in [1.807, 2.05) is 0 Å². The first-order chi connectivity index (χ1) is 11.8. The monoisotopic (exact) mass is 328 g/mol. The molecule has 2 saturated carbocycles. The van der Waals surface area contributed by atoms with Crippen molar-refractivity contribution in [3.05, 3.63) is 35.4 Å². The van der Waals surface area contributed by atoms with E-state index >= 15 is 0 Å². The Labute approximate surface area is 148 Å². The molecule has 2 aliphatic carbocycles. The summed E-state index contributed by atoms with van der Waals surface area (Å²) in [4.78, 5) is 2.76. The third-order valence-electron chi connectivity index (χ3n) is 6.20. The third-order valence-corrected chi connectivity index (χ3v) is 6.20. The van der Waals surface area contributed by atoms with Crippen LogP contribution in [0, 0.1) is 6.92 Å². The maximum absolute atomic E-state index is 6.90. The van der Waals surface area contributed by atoms with Crippen LogP contribution in [-0.2, 0) is 0 Å². The summed E-state index contributed by atoms with van der Waals surface area (Å²) < 4.78 is 0. The maximum Gasteiger partial charge on any atom is 0.0840 e. The summed E-state index contributed by atoms with van der Waals surface area (Å²) in [6, 6.07) is 10.3. The summed E-state index contributed by atoms with van der Waals surface area (Å²) in [7, 11) is 0. The van der Waals surface area contributed by atoms with Gasteiger partial charge in [-0.15, -0.1) is 0 Å². The van der Waals surface area contributed by atoms with E-state index in [9.17, 15) is 0 Å². The van der Waals surface area contributed by atoms with Gasteiger partial charge in [0.25, 0.3) is 0 Å². The standard InChI is InChI=1S/C22H36N2/c1-18-11-10-12-19(17-18)22(23)24(20-13-6-2-3-7-14-20)21-15-8-4-5-9-16-21/h10-12,17,20-22H,2-9,13-16,23H2,1H3. The van der Waals surface area contributed by atoms with Gasteiger partial charge in [-0.3, -0.25) is 4.90 Å². The van der Waals surface area contributed by atoms with Gasteiger partial charge in [-0.05, 0) is 38.2 Å². The molecule has 2 N–H and O–H groups in total. The Balaban J connectivity index is 1.84. The largest absolute Gasteiger partial charge is 0.312 e. The summed E-state index contributed by atoms with van der Waals surface area (Å²) in [6.45, 7) is 2.18. The van der Waals surface area contributed by atoms with E-state index < -0.39 is 0 Å². The molecule has 0 amide bonds. The Morgan fingerprint density at radius 3 is 1.79 bits per heavy atom. The van der Waals surface area contributed by atoms with Crippen LogP contribution in [0.4, 0.5) is 0 Å². The summed E-state index contributed by atoms with van der Waals surface area (Å²) in [5.74, 6) is 0. The van der Waals surface area contributed by atoms with Crippen LogP contribution in [0.5, 0.6) is 0 Å². The van der Waals surface area contributed by atoms with E-state index in [1.165, 1.54) is 88.2 Å². The molecule has 0 aromatic heterocycles. The van der Waals surface area contributed by atoms with Gasteiger partial charge in [-0.2, -0.15) is 0 Å². The van der Waals surface area contributed by atoms with Crippen LogP contribution < -0.4 is 5.73 Å². The van der Waals surface area contributed by atoms with Crippen molar-refractivity contribution in [3.8, 4) is 0 Å². The van der Waals surface area contributed by atoms with E-state index in [2.05, 4.69) is 36.1 Å². The zero-order valence-corrected chi connectivity index (χ0v) is 15.6. The van der Waals surface area contributed by atoms with Crippen molar-refractivity contribution >= 4 is 0 Å². The Kier molecular flexibility index (Phi) is 6.74. The first kappa shape index (κ1) is 17.9. The zero-order chi connectivity index (χ0) is 16.8. The van der Waals surface area contributed by atoms with Crippen LogP contribution in [0.3, 0.4) is 0 Å². The predicted molar refractivity (Wildman–Crippen MR) is 103 cm³/mol. The second-order valence-electron chi connectivity index (χ2n) is 8.10. The predicted octanol–water partition coefficient (Wildman–Crippen LogP) is 5.70. The summed E-state index contributed by atoms with van der Waals surface area (Å²) in [6.07, 6.45) is 16.6. The van der Waals surface area contributed by atoms with Gasteiger partial charge in [0, 0.05) is 12.1 Å². The van der Waals surface area contributed by atoms with Gasteiger partial charge < -0.3 is 5.73 Å². The third kappa shape index (κ3) is 4.61. The van der Waals surface area contributed by atoms with Crippen molar-refractivity contribution in [1.29, 1.82) is 0 Å². The lowest BCUT2D eigenvalue weighted by Crippen LogP contribution is -2.48. The fourth-order valence-corrected chi connectivity index (χ4v) is 4.89. The number of hydrogen-bond acceptors (Lipinski definition) is 2. The lowest BCUT2D eigenvalue weighted by Gasteiger charge is -2.42. The molecule has 0 spiro atoms. The second-order valence-corrected chi connectivity index (χ2v) is 8.10. The number of nitrogens with zero attached hydrogens (tertiary/aromatic N) is 1. The molecule has 3 rings (SSSR count). The highest BCUT2D eigenvalue weighted by Gasteiger charge is 2.32. The van der Waals surface area contributed by atoms with Gasteiger partial charge in [0.15, 0.2) is 0 Å². The van der Waals surface area contributed by atoms with Crippen LogP contribution >= 0.6 is 0 Å². The van der Waals surface area contributed by atoms with E-state index in [0.717, 1.165) is 0 Å². The molecular formula is C22H36N2. The Morgan fingerprint density at radius 2 is 1.33 bits per heavy atom. The molecule has 1 unspecified atom stereocenters. The van der Waals surface area contributed by atoms with Crippen LogP contribution in [0.15, 0.2) is 24.3 Å². The van der Waals surface area contributed by atoms with E-state index in [0.29, 0.717) is 12.1 Å². The van der Waals surface area contributed by atoms with E-state index in [1.54, 1.807) is 0 Å². The molecule has 0 aliphatic heterocycles. The molecule has 24 heavy (non-hydrogen) atoms. The zero-order valence-electron chi connectivity index (χ0n) is 15.6. The molecule has 134 valence electrons. The molecule has 1 aromatic rings. The number of benzene rings is 1. The van der Waals surface area contributed by atoms with Gasteiger partial charge in [-0.25, -0.2) is 0 Å². The van der Waals surface area contributed by atoms with Gasteiger partial charge in [-0.1, -0.05) is 81.2 Å². The van der Waals surface area contributed by atoms with Gasteiger partial charge >= 0.3 is 0 Å². The number of aryl methyl sites for hydroxylation is 1. The smallest absolute Gasteiger partial charge is 0.0840 e. The van der Waals surface area contributed by atoms with Crippen molar-refractivity contribution in [2.45, 2.75) is 102 Å². The minimum atomic E-state index is 0.0658. The van der Waals surface area contributed by atoms with Gasteiger partial charge in [0.1, 0.15) is 0 Å². The Bertz CT molecular complexity index is 462. The lowest BCUT2D eigenvalue weighted by atomic mass is 9.97. The molecule has 2 heteroatoms. The fraction of sp³-hybridized carbons (Fsp3) is 0.727. The first-order valence-electron chi connectivity index (χ1n) is 10.4. The van der Waals surface area contributed by atoms with E-state index in [4.69, 9.17) is 5.73 Å². The SMILES string of the molecule is Cc1cccc(C(N)N(C2CCCCCC2)C2CCCCCC2)c1. The van der Waals surface area contributed by atoms with Crippen molar-refractivity contribution in [1.82, 2.24) is 4.90 Å². The molecular weight excluding hydrogens is 292 g/mol. The normalized spacial score (nSPS) is 23.0. The highest BCUT2D eigenvalue weighted by atomic mass is 15.3. The number of rotatable bonds is 4. The van der Waals surface area contributed by atoms with E-state index in [-0.39, 0.29) is 6.17 Å². The number of nitrogens with two attached hydrogens (primary N) is 1. The molecule has 0 saturated heterocycles. The molecule has 1 atom stereocenters. The molecule has 0 bridgehead atoms. The summed E-state index contributed by atoms with van der Waals surface area (Å²) in [5, 5.41) is 0. The summed E-state index contributed by atoms with van der Waals surface area (Å²) >= 11 is 0. The highest BCUT2D eigenvalue weighted by molar-refractivity contribution is 5.25. The van der Waals surface area contributed by atoms with Gasteiger partial charge in [0.2, 0.25) is 0 Å². The molecule has 2 aliphatic rings. The average molecular weight is 329 g/mol. The average Bonchev–Trinajstić information content (AvgIpc) is 3.00. The van der Waals surface area contributed by atoms with Crippen molar-refractivity contribution < 1.29 is 0 Å². The molecule has 2 fully saturated rings. The lowest BCUT2D eigenvalue weighted by molar-refractivity contribution is 0.0606. The molecule has 1 aromatic carbocycles. The Hall–Kier alpha value is -0.860. The number of hydrogen-bond donors (Lipinski definition) is 1. The second kappa shape index (κ2) is 9.01. The van der Waals surface area contributed by atoms with Crippen LogP contribution in [-0.4, -0.2) is 17.0 Å². The fourth-order valence-electron chi connectivity index (χ4n) is 4.89. The minimum Gasteiger partial charge on any atom is -0.312 e. The van der Waals surface area contributed by atoms with Gasteiger partial charge in [0.05, 0.1) is 6.17 Å².